The molecule has 2 nitrogen and oxygen atoms in total. The fourth-order valence-electron chi connectivity index (χ4n) is 3.70. The first-order valence-corrected chi connectivity index (χ1v) is 10.5. The first kappa shape index (κ1) is 18.6. The van der Waals surface area contributed by atoms with Crippen molar-refractivity contribution in [3.8, 4) is 0 Å². The number of fused-ring (bicyclic) bond motifs is 1. The van der Waals surface area contributed by atoms with Gasteiger partial charge in [0, 0.05) is 16.2 Å². The number of thioether (sulfide) groups is 1. The molecule has 0 aliphatic heterocycles. The second-order valence-corrected chi connectivity index (χ2v) is 10.3. The molecule has 136 valence electrons. The maximum absolute atomic E-state index is 11.3. The summed E-state index contributed by atoms with van der Waals surface area (Å²) in [5, 5.41) is 1.03. The van der Waals surface area contributed by atoms with E-state index < -0.39 is 0 Å². The molecule has 1 saturated carbocycles. The first-order valence-electron chi connectivity index (χ1n) is 9.56. The van der Waals surface area contributed by atoms with Gasteiger partial charge in [0.25, 0.3) is 0 Å². The molecule has 1 heterocycles. The quantitative estimate of drug-likeness (QED) is 0.608. The van der Waals surface area contributed by atoms with Crippen molar-refractivity contribution in [2.24, 2.45) is 11.8 Å². The van der Waals surface area contributed by atoms with E-state index in [0.29, 0.717) is 10.3 Å². The molecule has 25 heavy (non-hydrogen) atoms. The molecule has 1 fully saturated rings. The molecule has 1 aliphatic rings. The topological polar surface area (TPSA) is 30.2 Å². The van der Waals surface area contributed by atoms with Crippen LogP contribution in [-0.4, -0.2) is 10.5 Å². The normalized spacial score (nSPS) is 21.6. The summed E-state index contributed by atoms with van der Waals surface area (Å²) < 4.78 is 5.61. The molecular weight excluding hydrogens is 328 g/mol. The number of hydrogen-bond donors (Lipinski definition) is 0. The Labute approximate surface area is 155 Å². The van der Waals surface area contributed by atoms with Gasteiger partial charge in [-0.3, -0.25) is 0 Å². The van der Waals surface area contributed by atoms with Gasteiger partial charge in [-0.25, -0.2) is 4.79 Å². The highest BCUT2D eigenvalue weighted by atomic mass is 32.2. The summed E-state index contributed by atoms with van der Waals surface area (Å²) in [6, 6.07) is 9.58. The van der Waals surface area contributed by atoms with Crippen LogP contribution < -0.4 is 5.63 Å². The molecule has 0 saturated heterocycles. The summed E-state index contributed by atoms with van der Waals surface area (Å²) in [5.74, 6) is 3.12. The van der Waals surface area contributed by atoms with Crippen LogP contribution in [0.25, 0.3) is 11.0 Å². The summed E-state index contributed by atoms with van der Waals surface area (Å²) >= 11 is 2.12. The van der Waals surface area contributed by atoms with Crippen molar-refractivity contribution in [1.82, 2.24) is 0 Å². The lowest BCUT2D eigenvalue weighted by atomic mass is 9.80. The van der Waals surface area contributed by atoms with Gasteiger partial charge in [-0.1, -0.05) is 39.7 Å². The highest BCUT2D eigenvalue weighted by Gasteiger charge is 2.23. The van der Waals surface area contributed by atoms with Gasteiger partial charge in [-0.15, -0.1) is 0 Å². The molecule has 1 aromatic heterocycles. The molecule has 0 N–H and O–H groups in total. The van der Waals surface area contributed by atoms with E-state index in [1.54, 1.807) is 0 Å². The second-order valence-electron chi connectivity index (χ2n) is 8.48. The molecule has 0 atom stereocenters. The van der Waals surface area contributed by atoms with Crippen molar-refractivity contribution in [2.45, 2.75) is 64.0 Å². The van der Waals surface area contributed by atoms with Crippen LogP contribution in [0.1, 0.15) is 58.4 Å². The van der Waals surface area contributed by atoms with E-state index in [4.69, 9.17) is 4.42 Å². The number of rotatable bonds is 5. The smallest absolute Gasteiger partial charge is 0.336 e. The fraction of sp³-hybridized carbons (Fsp3) is 0.591. The lowest BCUT2D eigenvalue weighted by Crippen LogP contribution is -2.19. The third-order valence-electron chi connectivity index (χ3n) is 5.24. The molecule has 0 unspecified atom stereocenters. The van der Waals surface area contributed by atoms with Crippen LogP contribution in [0.4, 0.5) is 0 Å². The first-order chi connectivity index (χ1) is 11.9. The minimum absolute atomic E-state index is 0.276. The number of aryl methyl sites for hydroxylation is 1. The van der Waals surface area contributed by atoms with Crippen LogP contribution >= 0.6 is 11.8 Å². The molecule has 3 rings (SSSR count). The maximum atomic E-state index is 11.3. The summed E-state index contributed by atoms with van der Waals surface area (Å²) in [4.78, 5) is 11.3. The zero-order chi connectivity index (χ0) is 17.9. The van der Waals surface area contributed by atoms with Gasteiger partial charge < -0.3 is 4.42 Å². The van der Waals surface area contributed by atoms with E-state index >= 15 is 0 Å². The third-order valence-corrected chi connectivity index (χ3v) is 6.75. The van der Waals surface area contributed by atoms with E-state index in [-0.39, 0.29) is 5.63 Å². The zero-order valence-corrected chi connectivity index (χ0v) is 16.5. The van der Waals surface area contributed by atoms with Crippen LogP contribution in [-0.2, 0) is 6.42 Å². The van der Waals surface area contributed by atoms with Gasteiger partial charge in [-0.2, -0.15) is 11.8 Å². The number of benzene rings is 1. The van der Waals surface area contributed by atoms with Crippen molar-refractivity contribution >= 4 is 22.7 Å². The number of hydrogen-bond acceptors (Lipinski definition) is 3. The molecule has 0 amide bonds. The predicted molar refractivity (Wildman–Crippen MR) is 108 cm³/mol. The van der Waals surface area contributed by atoms with Crippen LogP contribution in [0.2, 0.25) is 0 Å². The highest BCUT2D eigenvalue weighted by molar-refractivity contribution is 8.00. The Morgan fingerprint density at radius 2 is 1.76 bits per heavy atom. The van der Waals surface area contributed by atoms with Crippen molar-refractivity contribution in [3.63, 3.8) is 0 Å². The standard InChI is InChI=1S/C22H30O2S/c1-22(2,3)25-15-18-8-5-16(6-9-18)4-7-17-10-12-20-19(14-17)11-13-21(23)24-20/h10-14,16,18H,4-9,15H2,1-3H3. The Balaban J connectivity index is 1.47. The average molecular weight is 359 g/mol. The zero-order valence-electron chi connectivity index (χ0n) is 15.7. The van der Waals surface area contributed by atoms with Crippen LogP contribution in [0.15, 0.2) is 39.5 Å². The molecule has 1 aliphatic carbocycles. The molecule has 2 aromatic rings. The summed E-state index contributed by atoms with van der Waals surface area (Å²) in [5.41, 5.74) is 1.77. The van der Waals surface area contributed by atoms with Gasteiger partial charge in [-0.05, 0) is 67.0 Å². The minimum Gasteiger partial charge on any atom is -0.423 e. The van der Waals surface area contributed by atoms with Crippen molar-refractivity contribution in [2.75, 3.05) is 5.75 Å². The molecule has 1 aromatic carbocycles. The summed E-state index contributed by atoms with van der Waals surface area (Å²) in [7, 11) is 0. The van der Waals surface area contributed by atoms with Gasteiger partial charge in [0.15, 0.2) is 0 Å². The molecule has 3 heteroatoms. The Morgan fingerprint density at radius 3 is 2.48 bits per heavy atom. The Kier molecular flexibility index (Phi) is 5.93. The van der Waals surface area contributed by atoms with Crippen molar-refractivity contribution < 1.29 is 4.42 Å². The fourth-order valence-corrected chi connectivity index (χ4v) is 4.77. The molecular formula is C22H30O2S. The minimum atomic E-state index is -0.276. The largest absolute Gasteiger partial charge is 0.423 e. The Morgan fingerprint density at radius 1 is 1.04 bits per heavy atom. The van der Waals surface area contributed by atoms with E-state index in [1.165, 1.54) is 49.5 Å². The van der Waals surface area contributed by atoms with Crippen molar-refractivity contribution in [1.29, 1.82) is 0 Å². The maximum Gasteiger partial charge on any atom is 0.336 e. The van der Waals surface area contributed by atoms with Gasteiger partial charge in [0.2, 0.25) is 0 Å². The Hall–Kier alpha value is -1.22. The Bertz CT molecular complexity index is 748. The third kappa shape index (κ3) is 5.64. The van der Waals surface area contributed by atoms with E-state index in [2.05, 4.69) is 44.7 Å². The summed E-state index contributed by atoms with van der Waals surface area (Å²) in [6.45, 7) is 6.95. The molecule has 0 radical (unpaired) electrons. The van der Waals surface area contributed by atoms with E-state index in [1.807, 2.05) is 12.1 Å². The van der Waals surface area contributed by atoms with Gasteiger partial charge in [0.1, 0.15) is 5.58 Å². The second kappa shape index (κ2) is 7.99. The lowest BCUT2D eigenvalue weighted by molar-refractivity contribution is 0.280. The van der Waals surface area contributed by atoms with Gasteiger partial charge in [0.05, 0.1) is 0 Å². The lowest BCUT2D eigenvalue weighted by Gasteiger charge is -2.30. The van der Waals surface area contributed by atoms with E-state index in [9.17, 15) is 4.79 Å². The van der Waals surface area contributed by atoms with Gasteiger partial charge >= 0.3 is 5.63 Å². The van der Waals surface area contributed by atoms with Crippen LogP contribution in [0.5, 0.6) is 0 Å². The monoisotopic (exact) mass is 358 g/mol. The summed E-state index contributed by atoms with van der Waals surface area (Å²) in [6.07, 6.45) is 7.98. The highest BCUT2D eigenvalue weighted by Crippen LogP contribution is 2.36. The van der Waals surface area contributed by atoms with E-state index in [0.717, 1.165) is 23.6 Å². The SMILES string of the molecule is CC(C)(C)SCC1CCC(CCc2ccc3oc(=O)ccc3c2)CC1. The molecule has 0 bridgehead atoms. The molecule has 0 spiro atoms. The average Bonchev–Trinajstić information content (AvgIpc) is 2.58. The van der Waals surface area contributed by atoms with Crippen LogP contribution in [0, 0.1) is 11.8 Å². The van der Waals surface area contributed by atoms with Crippen LogP contribution in [0.3, 0.4) is 0 Å². The van der Waals surface area contributed by atoms with Crippen molar-refractivity contribution in [3.05, 3.63) is 46.3 Å². The predicted octanol–water partition coefficient (Wildman–Crippen LogP) is 6.06.